The quantitative estimate of drug-likeness (QED) is 0.578. The normalized spacial score (nSPS) is 14.6. The molecule has 1 fully saturated rings. The van der Waals surface area contributed by atoms with Crippen LogP contribution in [0, 0.1) is 0 Å². The molecule has 0 unspecified atom stereocenters. The van der Waals surface area contributed by atoms with Crippen LogP contribution in [0.15, 0.2) is 58.5 Å². The van der Waals surface area contributed by atoms with Crippen molar-refractivity contribution in [3.05, 3.63) is 59.2 Å². The standard InChI is InChI=1S/C22H21ClN2O5S/c1-2-30-16-4-6-17(7-5-16)31(27,28)21-18-13-15(23)3-8-20(18)24-14-19(21)22(26)25-9-11-29-12-10-25/h3-8,13-14H,2,9-12H2,1H3. The van der Waals surface area contributed by atoms with Crippen LogP contribution >= 0.6 is 11.6 Å². The molecule has 2 aromatic carbocycles. The number of aromatic nitrogens is 1. The number of sulfone groups is 1. The van der Waals surface area contributed by atoms with Gasteiger partial charge in [-0.15, -0.1) is 0 Å². The summed E-state index contributed by atoms with van der Waals surface area (Å²) in [4.78, 5) is 19.1. The molecule has 1 aromatic heterocycles. The lowest BCUT2D eigenvalue weighted by Gasteiger charge is -2.27. The molecular weight excluding hydrogens is 440 g/mol. The van der Waals surface area contributed by atoms with E-state index in [-0.39, 0.29) is 15.4 Å². The van der Waals surface area contributed by atoms with Gasteiger partial charge in [-0.3, -0.25) is 9.78 Å². The van der Waals surface area contributed by atoms with Crippen LogP contribution in [0.25, 0.3) is 10.9 Å². The van der Waals surface area contributed by atoms with Gasteiger partial charge in [0.15, 0.2) is 0 Å². The van der Waals surface area contributed by atoms with E-state index in [1.807, 2.05) is 6.92 Å². The smallest absolute Gasteiger partial charge is 0.256 e. The lowest BCUT2D eigenvalue weighted by atomic mass is 10.1. The van der Waals surface area contributed by atoms with Crippen LogP contribution in [-0.4, -0.2) is 57.1 Å². The number of rotatable bonds is 5. The van der Waals surface area contributed by atoms with Crippen LogP contribution in [0.5, 0.6) is 5.75 Å². The topological polar surface area (TPSA) is 85.8 Å². The number of carbonyl (C=O) groups excluding carboxylic acids is 1. The molecule has 0 radical (unpaired) electrons. The van der Waals surface area contributed by atoms with Gasteiger partial charge in [-0.05, 0) is 49.4 Å². The molecule has 31 heavy (non-hydrogen) atoms. The summed E-state index contributed by atoms with van der Waals surface area (Å²) in [6, 6.07) is 10.9. The minimum atomic E-state index is -4.06. The molecule has 1 aliphatic rings. The summed E-state index contributed by atoms with van der Waals surface area (Å²) >= 11 is 6.17. The molecule has 0 bridgehead atoms. The first-order chi connectivity index (χ1) is 14.9. The Morgan fingerprint density at radius 2 is 1.87 bits per heavy atom. The molecule has 1 amide bonds. The van der Waals surface area contributed by atoms with Crippen molar-refractivity contribution in [1.82, 2.24) is 9.88 Å². The van der Waals surface area contributed by atoms with Gasteiger partial charge in [0.25, 0.3) is 5.91 Å². The number of benzene rings is 2. The maximum atomic E-state index is 13.7. The average Bonchev–Trinajstić information content (AvgIpc) is 2.79. The van der Waals surface area contributed by atoms with E-state index in [4.69, 9.17) is 21.1 Å². The molecular formula is C22H21ClN2O5S. The molecule has 0 spiro atoms. The minimum absolute atomic E-state index is 0.0190. The van der Waals surface area contributed by atoms with E-state index in [9.17, 15) is 13.2 Å². The Morgan fingerprint density at radius 3 is 2.55 bits per heavy atom. The number of nitrogens with zero attached hydrogens (tertiary/aromatic N) is 2. The molecule has 3 aromatic rings. The Hall–Kier alpha value is -2.68. The number of amides is 1. The van der Waals surface area contributed by atoms with Gasteiger partial charge in [-0.2, -0.15) is 0 Å². The molecule has 1 aliphatic heterocycles. The minimum Gasteiger partial charge on any atom is -0.494 e. The lowest BCUT2D eigenvalue weighted by Crippen LogP contribution is -2.41. The van der Waals surface area contributed by atoms with E-state index in [1.165, 1.54) is 24.4 Å². The molecule has 0 saturated carbocycles. The largest absolute Gasteiger partial charge is 0.494 e. The molecule has 7 nitrogen and oxygen atoms in total. The Labute approximate surface area is 185 Å². The first kappa shape index (κ1) is 21.5. The van der Waals surface area contributed by atoms with E-state index in [1.54, 1.807) is 29.2 Å². The summed E-state index contributed by atoms with van der Waals surface area (Å²) in [5.41, 5.74) is 0.456. The Kier molecular flexibility index (Phi) is 6.13. The highest BCUT2D eigenvalue weighted by atomic mass is 35.5. The number of halogens is 1. The molecule has 9 heteroatoms. The van der Waals surface area contributed by atoms with Crippen molar-refractivity contribution in [3.63, 3.8) is 0 Å². The third-order valence-electron chi connectivity index (χ3n) is 5.02. The zero-order valence-electron chi connectivity index (χ0n) is 16.9. The van der Waals surface area contributed by atoms with E-state index >= 15 is 0 Å². The van der Waals surface area contributed by atoms with Crippen LogP contribution in [-0.2, 0) is 14.6 Å². The van der Waals surface area contributed by atoms with Crippen molar-refractivity contribution >= 4 is 38.2 Å². The highest BCUT2D eigenvalue weighted by Crippen LogP contribution is 2.33. The summed E-state index contributed by atoms with van der Waals surface area (Å²) in [6.45, 7) is 3.89. The van der Waals surface area contributed by atoms with Crippen molar-refractivity contribution in [3.8, 4) is 5.75 Å². The number of hydrogen-bond donors (Lipinski definition) is 0. The highest BCUT2D eigenvalue weighted by Gasteiger charge is 2.30. The monoisotopic (exact) mass is 460 g/mol. The predicted octanol–water partition coefficient (Wildman–Crippen LogP) is 3.59. The van der Waals surface area contributed by atoms with Gasteiger partial charge in [0, 0.05) is 29.7 Å². The lowest BCUT2D eigenvalue weighted by molar-refractivity contribution is 0.0300. The van der Waals surface area contributed by atoms with Gasteiger partial charge < -0.3 is 14.4 Å². The van der Waals surface area contributed by atoms with Crippen molar-refractivity contribution in [1.29, 1.82) is 0 Å². The van der Waals surface area contributed by atoms with Gasteiger partial charge in [0.2, 0.25) is 9.84 Å². The van der Waals surface area contributed by atoms with Gasteiger partial charge in [0.05, 0.1) is 40.7 Å². The molecule has 0 aliphatic carbocycles. The first-order valence-electron chi connectivity index (χ1n) is 9.85. The van der Waals surface area contributed by atoms with Crippen molar-refractivity contribution in [2.24, 2.45) is 0 Å². The van der Waals surface area contributed by atoms with Gasteiger partial charge in [0.1, 0.15) is 5.75 Å². The van der Waals surface area contributed by atoms with Crippen LogP contribution in [0.4, 0.5) is 0 Å². The summed E-state index contributed by atoms with van der Waals surface area (Å²) in [7, 11) is -4.06. The average molecular weight is 461 g/mol. The first-order valence-corrected chi connectivity index (χ1v) is 11.7. The fourth-order valence-electron chi connectivity index (χ4n) is 3.52. The maximum Gasteiger partial charge on any atom is 0.256 e. The van der Waals surface area contributed by atoms with E-state index < -0.39 is 15.7 Å². The van der Waals surface area contributed by atoms with Crippen molar-refractivity contribution in [2.75, 3.05) is 32.9 Å². The van der Waals surface area contributed by atoms with Crippen LogP contribution in [0.3, 0.4) is 0 Å². The van der Waals surface area contributed by atoms with Gasteiger partial charge in [-0.1, -0.05) is 11.6 Å². The molecule has 162 valence electrons. The number of morpholine rings is 1. The Morgan fingerprint density at radius 1 is 1.16 bits per heavy atom. The van der Waals surface area contributed by atoms with E-state index in [0.29, 0.717) is 54.6 Å². The fourth-order valence-corrected chi connectivity index (χ4v) is 5.30. The summed E-state index contributed by atoms with van der Waals surface area (Å²) < 4.78 is 38.2. The Bertz CT molecular complexity index is 1220. The molecule has 0 N–H and O–H groups in total. The predicted molar refractivity (Wildman–Crippen MR) is 117 cm³/mol. The SMILES string of the molecule is CCOc1ccc(S(=O)(=O)c2c(C(=O)N3CCOCC3)cnc3ccc(Cl)cc23)cc1. The third kappa shape index (κ3) is 4.23. The zero-order valence-corrected chi connectivity index (χ0v) is 18.4. The van der Waals surface area contributed by atoms with Crippen LogP contribution in [0.2, 0.25) is 5.02 Å². The third-order valence-corrected chi connectivity index (χ3v) is 7.13. The van der Waals surface area contributed by atoms with Crippen LogP contribution < -0.4 is 4.74 Å². The second kappa shape index (κ2) is 8.82. The number of carbonyl (C=O) groups is 1. The van der Waals surface area contributed by atoms with E-state index in [2.05, 4.69) is 4.98 Å². The molecule has 4 rings (SSSR count). The van der Waals surface area contributed by atoms with Gasteiger partial charge >= 0.3 is 0 Å². The van der Waals surface area contributed by atoms with Crippen molar-refractivity contribution in [2.45, 2.75) is 16.7 Å². The number of ether oxygens (including phenoxy) is 2. The number of fused-ring (bicyclic) bond motifs is 1. The zero-order chi connectivity index (χ0) is 22.0. The summed E-state index contributed by atoms with van der Waals surface area (Å²) in [6.07, 6.45) is 1.33. The Balaban J connectivity index is 1.91. The number of hydrogen-bond acceptors (Lipinski definition) is 6. The molecule has 2 heterocycles. The second-order valence-electron chi connectivity index (χ2n) is 6.97. The summed E-state index contributed by atoms with van der Waals surface area (Å²) in [5.74, 6) is 0.163. The van der Waals surface area contributed by atoms with E-state index in [0.717, 1.165) is 0 Å². The maximum absolute atomic E-state index is 13.7. The van der Waals surface area contributed by atoms with Crippen LogP contribution in [0.1, 0.15) is 17.3 Å². The summed E-state index contributed by atoms with van der Waals surface area (Å²) in [5, 5.41) is 0.661. The van der Waals surface area contributed by atoms with Crippen molar-refractivity contribution < 1.29 is 22.7 Å². The second-order valence-corrected chi connectivity index (χ2v) is 9.30. The number of pyridine rings is 1. The molecule has 1 saturated heterocycles. The highest BCUT2D eigenvalue weighted by molar-refractivity contribution is 7.91. The fraction of sp³-hybridized carbons (Fsp3) is 0.273. The van der Waals surface area contributed by atoms with Gasteiger partial charge in [-0.25, -0.2) is 8.42 Å². The molecule has 0 atom stereocenters.